The third-order valence-corrected chi connectivity index (χ3v) is 12.7. The van der Waals surface area contributed by atoms with Gasteiger partial charge >= 0.3 is 46.3 Å². The fraction of sp³-hybridized carbons (Fsp3) is 0.638. The molecule has 3 aliphatic heterocycles. The quantitative estimate of drug-likeness (QED) is 0.0548. The van der Waals surface area contributed by atoms with Crippen molar-refractivity contribution in [2.75, 3.05) is 26.9 Å². The molecule has 8 rings (SSSR count). The van der Waals surface area contributed by atoms with E-state index in [1.54, 1.807) is 66.0 Å². The van der Waals surface area contributed by atoms with Gasteiger partial charge in [-0.05, 0) is 156 Å². The molecule has 21 nitrogen and oxygen atoms in total. The monoisotopic (exact) mass is 1230 g/mol. The van der Waals surface area contributed by atoms with Crippen molar-refractivity contribution in [3.8, 4) is 0 Å². The van der Waals surface area contributed by atoms with E-state index in [0.717, 1.165) is 26.5 Å². The van der Waals surface area contributed by atoms with Crippen LogP contribution in [0.4, 0.5) is 0 Å². The van der Waals surface area contributed by atoms with Crippen LogP contribution in [0.5, 0.6) is 0 Å². The molecule has 2 atom stereocenters. The van der Waals surface area contributed by atoms with E-state index in [9.17, 15) is 0 Å². The van der Waals surface area contributed by atoms with E-state index in [1.807, 2.05) is 136 Å². The Balaban J connectivity index is 0. The smallest absolute Gasteiger partial charge is 0.0487 e. The molecular weight excluding hydrogens is 1150 g/mol. The van der Waals surface area contributed by atoms with E-state index in [0.29, 0.717) is 13.2 Å². The van der Waals surface area contributed by atoms with E-state index < -0.39 is 7.32 Å². The molecule has 0 saturated carbocycles. The molecule has 0 aromatic carbocycles. The first-order chi connectivity index (χ1) is 34.5. The molecule has 0 spiro atoms. The summed E-state index contributed by atoms with van der Waals surface area (Å²) in [6.07, 6.45) is 19.1. The first-order valence-electron chi connectivity index (χ1n) is 23.9. The van der Waals surface area contributed by atoms with Gasteiger partial charge in [0, 0.05) is 80.8 Å². The molecule has 5 aromatic heterocycles. The average molecular weight is 1230 g/mol. The molecule has 0 bridgehead atoms. The van der Waals surface area contributed by atoms with E-state index in [-0.39, 0.29) is 80.1 Å². The summed E-state index contributed by atoms with van der Waals surface area (Å²) in [6.45, 7) is 39.5. The van der Waals surface area contributed by atoms with E-state index >= 15 is 0 Å². The van der Waals surface area contributed by atoms with Gasteiger partial charge in [-0.3, -0.25) is 15.3 Å². The zero-order chi connectivity index (χ0) is 56.4. The Morgan fingerprint density at radius 2 is 1.11 bits per heavy atom. The number of nitrogens with zero attached hydrogens (tertiary/aromatic N) is 8. The largest absolute Gasteiger partial charge is 0.286 e. The predicted molar refractivity (Wildman–Crippen MR) is 316 cm³/mol. The number of hydrogen-bond donors (Lipinski definition) is 4. The molecule has 3 saturated heterocycles. The van der Waals surface area contributed by atoms with Crippen molar-refractivity contribution in [1.29, 1.82) is 0 Å². The van der Waals surface area contributed by atoms with Gasteiger partial charge < -0.3 is 46.8 Å². The SMILES string of the molecule is Brc1cn[nH]c1.C.C=COCC.CC1(C)OB(c2cn[nH]c2)OC1(C)C.CCOC(C)n1cc(B2OC(C)(C)C(C)(C)O2)cn1.CCOC(C)n1cc(Br)cn1.COB1OC(C)(C)C(C)(C)O1.Cl.[B]=NS.c1cn[nH]c1. The van der Waals surface area contributed by atoms with Crippen molar-refractivity contribution in [2.45, 2.75) is 171 Å². The van der Waals surface area contributed by atoms with Gasteiger partial charge in [0.05, 0.1) is 67.8 Å². The van der Waals surface area contributed by atoms with Gasteiger partial charge in [0.25, 0.3) is 0 Å². The standard InChI is InChI=1S/C13H23BN2O3.C9H15BN2O2.C7H15BO3.C7H11BrN2O.C4H8O.C3H3BrN2.C3H4N2.CH4.BHNS.ClH/c1-7-17-10(2)16-9-11(8-15-16)14-18-12(3,4)13(5,6)19-14;1-8(2)9(3,4)14-10(13-8)7-5-11-12-6-7;1-6(2)7(3,4)11-8(9-5)10-6;1-3-11-6(2)10-5-7(8)4-9-10;1-3-5-4-2;4-3-1-5-6-2-3;1-2-4-5-3-1;;1-2-3;/h8-10H,7H2,1-6H3;5-6H,1-4H3,(H,11,12);1-5H3;4-6H,3H2,1-2H3;3H,1,4H2,2H3;1-2H,(H,5,6);1-3H,(H,4,5);1H4;3H;1H. The van der Waals surface area contributed by atoms with Crippen molar-refractivity contribution >= 4 is 97.2 Å². The Bertz CT molecular complexity index is 2170. The van der Waals surface area contributed by atoms with Crippen molar-refractivity contribution in [3.05, 3.63) is 89.8 Å². The van der Waals surface area contributed by atoms with E-state index in [1.165, 1.54) is 6.26 Å². The fourth-order valence-corrected chi connectivity index (χ4v) is 6.13. The Labute approximate surface area is 483 Å². The second kappa shape index (κ2) is 36.2. The number of thiol groups is 1. The van der Waals surface area contributed by atoms with E-state index in [2.05, 4.69) is 109 Å². The van der Waals surface area contributed by atoms with Crippen LogP contribution in [0.2, 0.25) is 0 Å². The second-order valence-electron chi connectivity index (χ2n) is 18.9. The maximum absolute atomic E-state index is 5.99. The molecule has 1 radical (unpaired) electrons. The minimum atomic E-state index is -0.514. The summed E-state index contributed by atoms with van der Waals surface area (Å²) >= 11 is 9.69. The number of H-pyrrole nitrogens is 3. The molecule has 8 heterocycles. The van der Waals surface area contributed by atoms with Crippen LogP contribution in [-0.4, -0.2) is 140 Å². The van der Waals surface area contributed by atoms with Gasteiger partial charge in [-0.2, -0.15) is 25.5 Å². The van der Waals surface area contributed by atoms with Crippen LogP contribution in [-0.2, 0) is 46.8 Å². The molecule has 3 N–H and O–H groups in total. The molecule has 0 aliphatic carbocycles. The molecule has 3 aliphatic rings. The van der Waals surface area contributed by atoms with E-state index in [4.69, 9.17) is 42.1 Å². The van der Waals surface area contributed by atoms with Gasteiger partial charge in [-0.15, -0.1) is 12.4 Å². The zero-order valence-corrected chi connectivity index (χ0v) is 51.9. The number of halogens is 3. The van der Waals surface area contributed by atoms with Crippen LogP contribution >= 0.6 is 57.1 Å². The third-order valence-electron chi connectivity index (χ3n) is 11.9. The predicted octanol–water partition coefficient (Wildman–Crippen LogP) is 9.86. The second-order valence-corrected chi connectivity index (χ2v) is 21.0. The number of nitrogens with one attached hydrogen (secondary N) is 3. The Morgan fingerprint density at radius 1 is 0.671 bits per heavy atom. The van der Waals surface area contributed by atoms with Crippen molar-refractivity contribution in [3.63, 3.8) is 0 Å². The van der Waals surface area contributed by atoms with Crippen LogP contribution in [0.1, 0.15) is 138 Å². The van der Waals surface area contributed by atoms with Crippen molar-refractivity contribution < 1.29 is 46.8 Å². The van der Waals surface area contributed by atoms with Crippen LogP contribution < -0.4 is 10.9 Å². The third kappa shape index (κ3) is 25.3. The number of rotatable bonds is 11. The van der Waals surface area contributed by atoms with Gasteiger partial charge in [0.15, 0.2) is 0 Å². The molecule has 3 fully saturated rings. The van der Waals surface area contributed by atoms with Crippen molar-refractivity contribution in [1.82, 2.24) is 50.2 Å². The van der Waals surface area contributed by atoms with Gasteiger partial charge in [0.1, 0.15) is 12.5 Å². The van der Waals surface area contributed by atoms with Gasteiger partial charge in [-0.25, -0.2) is 9.36 Å². The zero-order valence-electron chi connectivity index (χ0n) is 47.0. The molecule has 5 aromatic rings. The Hall–Kier alpha value is -3.11. The summed E-state index contributed by atoms with van der Waals surface area (Å²) in [4.78, 5) is 0. The maximum Gasteiger partial charge on any atom is 0.0487 e. The maximum atomic E-state index is 5.99. The van der Waals surface area contributed by atoms with Crippen molar-refractivity contribution in [2.24, 2.45) is 4.30 Å². The number of aromatic nitrogens is 10. The molecule has 427 valence electrons. The minimum absolute atomic E-state index is 0. The summed E-state index contributed by atoms with van der Waals surface area (Å²) < 4.78 is 63.1. The Kier molecular flexibility index (Phi) is 35.7. The van der Waals surface area contributed by atoms with Crippen LogP contribution in [0.25, 0.3) is 0 Å². The van der Waals surface area contributed by atoms with Gasteiger partial charge in [0.2, 0.25) is 0 Å². The Morgan fingerprint density at radius 3 is 1.38 bits per heavy atom. The topological polar surface area (TPSA) is 226 Å². The summed E-state index contributed by atoms with van der Waals surface area (Å²) in [5, 5.41) is 27.5. The van der Waals surface area contributed by atoms with Crippen LogP contribution in [0, 0.1) is 0 Å². The summed E-state index contributed by atoms with van der Waals surface area (Å²) in [5.41, 5.74) is 0.0656. The first kappa shape index (κ1) is 75.0. The molecule has 29 heteroatoms. The minimum Gasteiger partial charge on any atom is -0.286 e. The van der Waals surface area contributed by atoms with Gasteiger partial charge in [-0.1, -0.05) is 14.0 Å². The fourth-order valence-electron chi connectivity index (χ4n) is 5.62. The molecule has 0 amide bonds. The molecule has 2 unspecified atom stereocenters. The number of ether oxygens (including phenoxy) is 3. The number of aromatic amines is 3. The normalized spacial score (nSPS) is 17.9. The van der Waals surface area contributed by atoms with Crippen LogP contribution in [0.3, 0.4) is 0 Å². The summed E-state index contributed by atoms with van der Waals surface area (Å²) in [6, 6.07) is 1.83. The summed E-state index contributed by atoms with van der Waals surface area (Å²) in [7, 11) is 4.72. The summed E-state index contributed by atoms with van der Waals surface area (Å²) in [5.74, 6) is 0. The molecule has 76 heavy (non-hydrogen) atoms. The average Bonchev–Trinajstić information content (AvgIpc) is 4.18. The number of hydrogen-bond acceptors (Lipinski definition) is 17. The molecular formula is C47H85B4Br2ClN11O10S. The first-order valence-corrected chi connectivity index (χ1v) is 25.9. The van der Waals surface area contributed by atoms with Crippen LogP contribution in [0.15, 0.2) is 94.1 Å².